The van der Waals surface area contributed by atoms with Crippen molar-refractivity contribution in [3.05, 3.63) is 52.8 Å². The summed E-state index contributed by atoms with van der Waals surface area (Å²) in [6, 6.07) is 10.5. The summed E-state index contributed by atoms with van der Waals surface area (Å²) in [6.45, 7) is 12.1. The van der Waals surface area contributed by atoms with Gasteiger partial charge in [0.1, 0.15) is 5.75 Å². The molecule has 0 radical (unpaired) electrons. The minimum Gasteiger partial charge on any atom is -0.497 e. The molecule has 1 aliphatic heterocycles. The van der Waals surface area contributed by atoms with Crippen LogP contribution in [0.25, 0.3) is 0 Å². The molecule has 6 heteroatoms. The Morgan fingerprint density at radius 2 is 1.67 bits per heavy atom. The van der Waals surface area contributed by atoms with Crippen LogP contribution in [0.15, 0.2) is 30.3 Å². The molecule has 1 saturated heterocycles. The van der Waals surface area contributed by atoms with Crippen LogP contribution < -0.4 is 4.74 Å². The normalized spacial score (nSPS) is 16.6. The van der Waals surface area contributed by atoms with Crippen molar-refractivity contribution in [3.63, 3.8) is 0 Å². The van der Waals surface area contributed by atoms with Crippen LogP contribution in [0.4, 0.5) is 0 Å². The number of Topliss-reactive ketones (excluding diaryl/α,β-unsaturated/α-hetero) is 1. The first-order valence-electron chi connectivity index (χ1n) is 10.7. The number of hydrogen-bond acceptors (Lipinski definition) is 5. The van der Waals surface area contributed by atoms with Crippen LogP contribution in [-0.2, 0) is 11.3 Å². The van der Waals surface area contributed by atoms with Gasteiger partial charge in [0.05, 0.1) is 26.3 Å². The van der Waals surface area contributed by atoms with Gasteiger partial charge in [0.15, 0.2) is 5.78 Å². The van der Waals surface area contributed by atoms with Crippen LogP contribution in [0.5, 0.6) is 5.75 Å². The third-order valence-corrected chi connectivity index (χ3v) is 6.03. The van der Waals surface area contributed by atoms with E-state index in [9.17, 15) is 4.79 Å². The molecule has 0 N–H and O–H groups in total. The van der Waals surface area contributed by atoms with Crippen LogP contribution in [0.2, 0.25) is 0 Å². The number of aromatic nitrogens is 1. The number of carbonyl (C=O) groups is 1. The van der Waals surface area contributed by atoms with Crippen molar-refractivity contribution in [2.45, 2.75) is 33.4 Å². The Hall–Kier alpha value is -2.15. The molecule has 0 saturated carbocycles. The highest BCUT2D eigenvalue weighted by molar-refractivity contribution is 5.99. The lowest BCUT2D eigenvalue weighted by Crippen LogP contribution is -2.47. The zero-order valence-electron chi connectivity index (χ0n) is 19.0. The third-order valence-electron chi connectivity index (χ3n) is 6.03. The first-order valence-corrected chi connectivity index (χ1v) is 10.7. The summed E-state index contributed by atoms with van der Waals surface area (Å²) in [4.78, 5) is 17.7. The number of ketones is 1. The van der Waals surface area contributed by atoms with E-state index in [4.69, 9.17) is 9.47 Å². The van der Waals surface area contributed by atoms with E-state index >= 15 is 0 Å². The topological polar surface area (TPSA) is 46.9 Å². The smallest absolute Gasteiger partial charge is 0.178 e. The molecular formula is C24H35N3O3. The number of benzene rings is 1. The third kappa shape index (κ3) is 5.31. The van der Waals surface area contributed by atoms with Gasteiger partial charge in [-0.05, 0) is 44.5 Å². The number of hydrogen-bond donors (Lipinski definition) is 0. The summed E-state index contributed by atoms with van der Waals surface area (Å²) in [7, 11) is 3.40. The molecule has 6 nitrogen and oxygen atoms in total. The average molecular weight is 414 g/mol. The van der Waals surface area contributed by atoms with Gasteiger partial charge in [-0.2, -0.15) is 0 Å². The van der Waals surface area contributed by atoms with Crippen LogP contribution in [0, 0.1) is 13.8 Å². The predicted octanol–water partition coefficient (Wildman–Crippen LogP) is 3.32. The number of piperazine rings is 1. The molecule has 30 heavy (non-hydrogen) atoms. The standard InChI is InChI=1S/C24H35N3O3/c1-18-14-23(20(3)27(18)19(2)17-29-4)24(28)16-26-12-10-25(11-13-26)15-21-6-8-22(30-5)9-7-21/h6-9,14,19H,10-13,15-17H2,1-5H3/t19-/m1/s1. The molecule has 3 rings (SSSR count). The van der Waals surface area contributed by atoms with Crippen LogP contribution in [0.1, 0.15) is 40.3 Å². The maximum absolute atomic E-state index is 13.0. The van der Waals surface area contributed by atoms with Crippen molar-refractivity contribution in [2.24, 2.45) is 0 Å². The maximum Gasteiger partial charge on any atom is 0.178 e. The molecule has 1 aromatic carbocycles. The van der Waals surface area contributed by atoms with Crippen molar-refractivity contribution in [2.75, 3.05) is 53.6 Å². The van der Waals surface area contributed by atoms with Crippen molar-refractivity contribution in [1.29, 1.82) is 0 Å². The van der Waals surface area contributed by atoms with Gasteiger partial charge in [0, 0.05) is 56.8 Å². The maximum atomic E-state index is 13.0. The number of methoxy groups -OCH3 is 2. The van der Waals surface area contributed by atoms with E-state index in [1.54, 1.807) is 14.2 Å². The second-order valence-electron chi connectivity index (χ2n) is 8.28. The molecule has 0 bridgehead atoms. The molecule has 0 spiro atoms. The van der Waals surface area contributed by atoms with Gasteiger partial charge in [-0.15, -0.1) is 0 Å². The van der Waals surface area contributed by atoms with Crippen molar-refractivity contribution < 1.29 is 14.3 Å². The van der Waals surface area contributed by atoms with E-state index in [1.807, 2.05) is 25.1 Å². The van der Waals surface area contributed by atoms with Gasteiger partial charge < -0.3 is 14.0 Å². The molecule has 0 unspecified atom stereocenters. The lowest BCUT2D eigenvalue weighted by Gasteiger charge is -2.34. The fourth-order valence-corrected chi connectivity index (χ4v) is 4.44. The Bertz CT molecular complexity index is 836. The summed E-state index contributed by atoms with van der Waals surface area (Å²) in [5.41, 5.74) is 4.29. The molecule has 1 atom stereocenters. The molecule has 1 aliphatic rings. The SMILES string of the molecule is COC[C@@H](C)n1c(C)cc(C(=O)CN2CCN(Cc3ccc(OC)cc3)CC2)c1C. The van der Waals surface area contributed by atoms with Gasteiger partial charge >= 0.3 is 0 Å². The van der Waals surface area contributed by atoms with E-state index in [0.717, 1.165) is 55.4 Å². The van der Waals surface area contributed by atoms with Crippen LogP contribution in [0.3, 0.4) is 0 Å². The average Bonchev–Trinajstić information content (AvgIpc) is 3.04. The number of rotatable bonds is 9. The van der Waals surface area contributed by atoms with Crippen molar-refractivity contribution in [3.8, 4) is 5.75 Å². The minimum absolute atomic E-state index is 0.211. The van der Waals surface area contributed by atoms with Crippen molar-refractivity contribution in [1.82, 2.24) is 14.4 Å². The highest BCUT2D eigenvalue weighted by atomic mass is 16.5. The molecule has 1 fully saturated rings. The Morgan fingerprint density at radius 1 is 1.03 bits per heavy atom. The molecule has 2 heterocycles. The Balaban J connectivity index is 1.53. The molecule has 1 aromatic heterocycles. The quantitative estimate of drug-likeness (QED) is 0.590. The summed E-state index contributed by atoms with van der Waals surface area (Å²) < 4.78 is 12.7. The van der Waals surface area contributed by atoms with E-state index < -0.39 is 0 Å². The summed E-state index contributed by atoms with van der Waals surface area (Å²) in [6.07, 6.45) is 0. The summed E-state index contributed by atoms with van der Waals surface area (Å²) >= 11 is 0. The number of ether oxygens (including phenoxy) is 2. The molecule has 2 aromatic rings. The second-order valence-corrected chi connectivity index (χ2v) is 8.28. The van der Waals surface area contributed by atoms with E-state index in [0.29, 0.717) is 13.2 Å². The van der Waals surface area contributed by atoms with Gasteiger partial charge in [-0.3, -0.25) is 14.6 Å². The van der Waals surface area contributed by atoms with Gasteiger partial charge in [-0.25, -0.2) is 0 Å². The Labute approximate surface area is 180 Å². The minimum atomic E-state index is 0.211. The van der Waals surface area contributed by atoms with Gasteiger partial charge in [0.25, 0.3) is 0 Å². The van der Waals surface area contributed by atoms with E-state index in [1.165, 1.54) is 5.56 Å². The van der Waals surface area contributed by atoms with E-state index in [2.05, 4.69) is 40.3 Å². The molecule has 164 valence electrons. The molecule has 0 aliphatic carbocycles. The first kappa shape index (κ1) is 22.5. The molecule has 0 amide bonds. The fourth-order valence-electron chi connectivity index (χ4n) is 4.44. The second kappa shape index (κ2) is 10.2. The van der Waals surface area contributed by atoms with E-state index in [-0.39, 0.29) is 11.8 Å². The van der Waals surface area contributed by atoms with Gasteiger partial charge in [0.2, 0.25) is 0 Å². The number of carbonyl (C=O) groups excluding carboxylic acids is 1. The monoisotopic (exact) mass is 413 g/mol. The predicted molar refractivity (Wildman–Crippen MR) is 120 cm³/mol. The Kier molecular flexibility index (Phi) is 7.69. The zero-order valence-corrected chi connectivity index (χ0v) is 19.0. The first-order chi connectivity index (χ1) is 14.4. The highest BCUT2D eigenvalue weighted by Gasteiger charge is 2.23. The zero-order chi connectivity index (χ0) is 21.7. The lowest BCUT2D eigenvalue weighted by molar-refractivity contribution is 0.0843. The largest absolute Gasteiger partial charge is 0.497 e. The lowest BCUT2D eigenvalue weighted by atomic mass is 10.1. The summed E-state index contributed by atoms with van der Waals surface area (Å²) in [5.74, 6) is 1.10. The number of nitrogens with zero attached hydrogens (tertiary/aromatic N) is 3. The number of aryl methyl sites for hydroxylation is 1. The highest BCUT2D eigenvalue weighted by Crippen LogP contribution is 2.22. The summed E-state index contributed by atoms with van der Waals surface area (Å²) in [5, 5.41) is 0. The molecular weight excluding hydrogens is 378 g/mol. The van der Waals surface area contributed by atoms with Crippen molar-refractivity contribution >= 4 is 5.78 Å². The van der Waals surface area contributed by atoms with Crippen LogP contribution in [-0.4, -0.2) is 73.7 Å². The van der Waals surface area contributed by atoms with Gasteiger partial charge in [-0.1, -0.05) is 12.1 Å². The van der Waals surface area contributed by atoms with Crippen LogP contribution >= 0.6 is 0 Å². The Morgan fingerprint density at radius 3 is 2.27 bits per heavy atom. The fraction of sp³-hybridized carbons (Fsp3) is 0.542.